The van der Waals surface area contributed by atoms with Crippen molar-refractivity contribution in [3.63, 3.8) is 0 Å². The molecule has 0 saturated heterocycles. The Kier molecular flexibility index (Phi) is 7.35. The van der Waals surface area contributed by atoms with E-state index in [0.717, 1.165) is 40.5 Å². The van der Waals surface area contributed by atoms with Crippen molar-refractivity contribution in [2.45, 2.75) is 35.5 Å². The van der Waals surface area contributed by atoms with Crippen molar-refractivity contribution in [3.05, 3.63) is 83.9 Å². The summed E-state index contributed by atoms with van der Waals surface area (Å²) in [5.41, 5.74) is 2.11. The number of benzene rings is 3. The predicted octanol–water partition coefficient (Wildman–Crippen LogP) is 6.13. The maximum absolute atomic E-state index is 11.1. The number of carboxylic acids is 1. The van der Waals surface area contributed by atoms with Gasteiger partial charge in [-0.15, -0.1) is 11.8 Å². The number of thioether (sulfide) groups is 1. The third kappa shape index (κ3) is 5.44. The molecule has 2 unspecified atom stereocenters. The zero-order valence-corrected chi connectivity index (χ0v) is 18.7. The van der Waals surface area contributed by atoms with E-state index in [0.29, 0.717) is 18.3 Å². The first-order chi connectivity index (χ1) is 15.6. The van der Waals surface area contributed by atoms with Gasteiger partial charge in [0.2, 0.25) is 0 Å². The molecular formula is C26H26O5S. The van der Waals surface area contributed by atoms with Gasteiger partial charge in [-0.25, -0.2) is 4.79 Å². The van der Waals surface area contributed by atoms with Crippen LogP contribution in [0.2, 0.25) is 0 Å². The van der Waals surface area contributed by atoms with Crippen LogP contribution in [0.4, 0.5) is 0 Å². The van der Waals surface area contributed by atoms with E-state index < -0.39 is 12.1 Å². The standard InChI is InChI=1S/C26H26O5S/c1-29-23(26(27)28)17-18-12-14-19(15-13-18)30-16-6-11-24-20-7-2-3-8-21(20)31-22-9-4-5-10-25(22)32-24/h2-5,7-10,12-15,23-24H,6,11,16-17H2,1H3,(H,27,28). The highest BCUT2D eigenvalue weighted by Crippen LogP contribution is 2.49. The van der Waals surface area contributed by atoms with Gasteiger partial charge in [0.1, 0.15) is 17.2 Å². The van der Waals surface area contributed by atoms with E-state index in [4.69, 9.17) is 19.3 Å². The Bertz CT molecular complexity index is 1050. The summed E-state index contributed by atoms with van der Waals surface area (Å²) in [4.78, 5) is 12.3. The van der Waals surface area contributed by atoms with E-state index in [1.54, 1.807) is 0 Å². The molecule has 32 heavy (non-hydrogen) atoms. The zero-order valence-electron chi connectivity index (χ0n) is 17.9. The van der Waals surface area contributed by atoms with Crippen molar-refractivity contribution in [1.82, 2.24) is 0 Å². The van der Waals surface area contributed by atoms with Crippen LogP contribution in [-0.2, 0) is 16.0 Å². The molecule has 0 saturated carbocycles. The molecule has 1 N–H and O–H groups in total. The lowest BCUT2D eigenvalue weighted by Crippen LogP contribution is -2.24. The molecule has 1 aliphatic rings. The molecule has 6 heteroatoms. The van der Waals surface area contributed by atoms with Gasteiger partial charge in [-0.1, -0.05) is 42.5 Å². The molecule has 4 rings (SSSR count). The fourth-order valence-electron chi connectivity index (χ4n) is 3.69. The number of hydrogen-bond acceptors (Lipinski definition) is 5. The molecule has 2 atom stereocenters. The summed E-state index contributed by atoms with van der Waals surface area (Å²) in [6, 6.07) is 23.9. The maximum atomic E-state index is 11.1. The van der Waals surface area contributed by atoms with Crippen LogP contribution in [0.25, 0.3) is 0 Å². The van der Waals surface area contributed by atoms with Gasteiger partial charge in [-0.05, 0) is 48.7 Å². The molecule has 0 aromatic heterocycles. The number of ether oxygens (including phenoxy) is 3. The Hall–Kier alpha value is -2.96. The number of para-hydroxylation sites is 2. The molecule has 0 spiro atoms. The Labute approximate surface area is 192 Å². The molecule has 1 aliphatic heterocycles. The second-order valence-electron chi connectivity index (χ2n) is 7.59. The van der Waals surface area contributed by atoms with Crippen molar-refractivity contribution >= 4 is 17.7 Å². The minimum atomic E-state index is -0.959. The third-order valence-corrected chi connectivity index (χ3v) is 6.75. The normalized spacial score (nSPS) is 15.6. The highest BCUT2D eigenvalue weighted by atomic mass is 32.2. The van der Waals surface area contributed by atoms with E-state index in [2.05, 4.69) is 18.2 Å². The van der Waals surface area contributed by atoms with Gasteiger partial charge in [-0.2, -0.15) is 0 Å². The molecule has 1 heterocycles. The van der Waals surface area contributed by atoms with Crippen LogP contribution in [0, 0.1) is 0 Å². The van der Waals surface area contributed by atoms with E-state index in [1.165, 1.54) is 12.7 Å². The van der Waals surface area contributed by atoms with Crippen LogP contribution in [-0.4, -0.2) is 30.9 Å². The zero-order chi connectivity index (χ0) is 22.3. The first-order valence-electron chi connectivity index (χ1n) is 10.6. The van der Waals surface area contributed by atoms with Crippen LogP contribution in [0.15, 0.2) is 77.7 Å². The Morgan fingerprint density at radius 1 is 1.03 bits per heavy atom. The van der Waals surface area contributed by atoms with E-state index in [1.807, 2.05) is 66.4 Å². The highest BCUT2D eigenvalue weighted by Gasteiger charge is 2.23. The lowest BCUT2D eigenvalue weighted by atomic mass is 10.1. The summed E-state index contributed by atoms with van der Waals surface area (Å²) in [5.74, 6) is 1.64. The summed E-state index contributed by atoms with van der Waals surface area (Å²) in [6.45, 7) is 0.608. The first kappa shape index (κ1) is 22.2. The minimum absolute atomic E-state index is 0.294. The van der Waals surface area contributed by atoms with E-state index in [9.17, 15) is 4.79 Å². The van der Waals surface area contributed by atoms with Gasteiger partial charge in [0.15, 0.2) is 6.10 Å². The van der Waals surface area contributed by atoms with Gasteiger partial charge in [0.25, 0.3) is 0 Å². The molecule has 0 bridgehead atoms. The van der Waals surface area contributed by atoms with Crippen LogP contribution < -0.4 is 9.47 Å². The van der Waals surface area contributed by atoms with E-state index >= 15 is 0 Å². The number of hydrogen-bond donors (Lipinski definition) is 1. The Morgan fingerprint density at radius 3 is 2.50 bits per heavy atom. The Morgan fingerprint density at radius 2 is 1.75 bits per heavy atom. The number of methoxy groups -OCH3 is 1. The predicted molar refractivity (Wildman–Crippen MR) is 125 cm³/mol. The number of fused-ring (bicyclic) bond motifs is 2. The molecule has 3 aromatic carbocycles. The number of carbonyl (C=O) groups is 1. The number of carboxylic acid groups (broad SMARTS) is 1. The summed E-state index contributed by atoms with van der Waals surface area (Å²) in [7, 11) is 1.41. The largest absolute Gasteiger partial charge is 0.494 e. The summed E-state index contributed by atoms with van der Waals surface area (Å²) < 4.78 is 17.1. The quantitative estimate of drug-likeness (QED) is 0.396. The summed E-state index contributed by atoms with van der Waals surface area (Å²) in [6.07, 6.45) is 1.36. The van der Waals surface area contributed by atoms with Crippen molar-refractivity contribution in [3.8, 4) is 17.2 Å². The highest BCUT2D eigenvalue weighted by molar-refractivity contribution is 7.99. The van der Waals surface area contributed by atoms with Gasteiger partial charge < -0.3 is 19.3 Å². The average molecular weight is 451 g/mol. The molecular weight excluding hydrogens is 424 g/mol. The molecule has 166 valence electrons. The van der Waals surface area contributed by atoms with Gasteiger partial charge in [0.05, 0.1) is 11.5 Å². The molecule has 0 fully saturated rings. The van der Waals surface area contributed by atoms with Gasteiger partial charge in [0, 0.05) is 24.3 Å². The second kappa shape index (κ2) is 10.6. The Balaban J connectivity index is 1.33. The SMILES string of the molecule is COC(Cc1ccc(OCCCC2Sc3ccccc3Oc3ccccc32)cc1)C(=O)O. The first-order valence-corrected chi connectivity index (χ1v) is 11.5. The van der Waals surface area contributed by atoms with Crippen LogP contribution in [0.1, 0.15) is 29.2 Å². The summed E-state index contributed by atoms with van der Waals surface area (Å²) in [5, 5.41) is 9.41. The monoisotopic (exact) mass is 450 g/mol. The van der Waals surface area contributed by atoms with Crippen LogP contribution >= 0.6 is 11.8 Å². The van der Waals surface area contributed by atoms with E-state index in [-0.39, 0.29) is 0 Å². The topological polar surface area (TPSA) is 65.0 Å². The number of aliphatic carboxylic acids is 1. The van der Waals surface area contributed by atoms with Crippen LogP contribution in [0.5, 0.6) is 17.2 Å². The molecule has 5 nitrogen and oxygen atoms in total. The number of rotatable bonds is 9. The lowest BCUT2D eigenvalue weighted by molar-refractivity contribution is -0.148. The maximum Gasteiger partial charge on any atom is 0.333 e. The summed E-state index contributed by atoms with van der Waals surface area (Å²) >= 11 is 1.84. The van der Waals surface area contributed by atoms with Crippen molar-refractivity contribution < 1.29 is 24.1 Å². The van der Waals surface area contributed by atoms with Crippen molar-refractivity contribution in [2.75, 3.05) is 13.7 Å². The fraction of sp³-hybridized carbons (Fsp3) is 0.269. The van der Waals surface area contributed by atoms with Crippen molar-refractivity contribution in [1.29, 1.82) is 0 Å². The minimum Gasteiger partial charge on any atom is -0.494 e. The second-order valence-corrected chi connectivity index (χ2v) is 8.84. The van der Waals surface area contributed by atoms with Gasteiger partial charge in [-0.3, -0.25) is 0 Å². The molecule has 0 amide bonds. The van der Waals surface area contributed by atoms with Gasteiger partial charge >= 0.3 is 5.97 Å². The smallest absolute Gasteiger partial charge is 0.333 e. The average Bonchev–Trinajstić information content (AvgIpc) is 2.97. The fourth-order valence-corrected chi connectivity index (χ4v) is 4.98. The molecule has 0 aliphatic carbocycles. The molecule has 0 radical (unpaired) electrons. The lowest BCUT2D eigenvalue weighted by Gasteiger charge is -2.16. The van der Waals surface area contributed by atoms with Crippen LogP contribution in [0.3, 0.4) is 0 Å². The van der Waals surface area contributed by atoms with Crippen molar-refractivity contribution in [2.24, 2.45) is 0 Å². The molecule has 3 aromatic rings. The third-order valence-electron chi connectivity index (χ3n) is 5.39.